The number of nitrogens with one attached hydrogen (secondary N) is 2. The molecule has 0 amide bonds. The molecule has 0 aliphatic rings. The maximum Gasteiger partial charge on any atom is 0.250 e. The molecule has 1 unspecified atom stereocenters. The number of rotatable bonds is 6. The minimum atomic E-state index is -3.50. The molecule has 2 N–H and O–H groups in total. The van der Waals surface area contributed by atoms with Gasteiger partial charge in [-0.1, -0.05) is 6.07 Å². The third-order valence-electron chi connectivity index (χ3n) is 2.72. The van der Waals surface area contributed by atoms with Crippen LogP contribution in [0.2, 0.25) is 0 Å². The quantitative estimate of drug-likeness (QED) is 0.855. The average Bonchev–Trinajstić information content (AvgIpc) is 2.89. The van der Waals surface area contributed by atoms with E-state index < -0.39 is 10.0 Å². The monoisotopic (exact) mass is 311 g/mol. The maximum atomic E-state index is 12.3. The lowest BCUT2D eigenvalue weighted by molar-refractivity contribution is 0.566. The van der Waals surface area contributed by atoms with Gasteiger partial charge in [0.1, 0.15) is 4.21 Å². The van der Waals surface area contributed by atoms with Crippen LogP contribution in [0.3, 0.4) is 0 Å². The Hall–Kier alpha value is -1.28. The van der Waals surface area contributed by atoms with Crippen molar-refractivity contribution in [3.8, 4) is 0 Å². The highest BCUT2D eigenvalue weighted by atomic mass is 32.2. The Morgan fingerprint density at radius 3 is 2.75 bits per heavy atom. The second-order valence-electron chi connectivity index (χ2n) is 4.35. The van der Waals surface area contributed by atoms with Crippen LogP contribution >= 0.6 is 11.3 Å². The van der Waals surface area contributed by atoms with Crippen LogP contribution < -0.4 is 10.0 Å². The lowest BCUT2D eigenvalue weighted by Gasteiger charge is -2.12. The van der Waals surface area contributed by atoms with E-state index in [9.17, 15) is 8.42 Å². The first-order valence-electron chi connectivity index (χ1n) is 6.19. The molecule has 2 aromatic heterocycles. The van der Waals surface area contributed by atoms with E-state index >= 15 is 0 Å². The average molecular weight is 311 g/mol. The fourth-order valence-electron chi connectivity index (χ4n) is 1.76. The van der Waals surface area contributed by atoms with Crippen molar-refractivity contribution in [1.82, 2.24) is 15.0 Å². The van der Waals surface area contributed by atoms with Crippen molar-refractivity contribution in [3.63, 3.8) is 0 Å². The number of thiophene rings is 1. The molecule has 2 rings (SSSR count). The maximum absolute atomic E-state index is 12.3. The molecule has 1 atom stereocenters. The zero-order chi connectivity index (χ0) is 14.6. The van der Waals surface area contributed by atoms with Crippen molar-refractivity contribution in [3.05, 3.63) is 47.1 Å². The first-order chi connectivity index (χ1) is 9.53. The summed E-state index contributed by atoms with van der Waals surface area (Å²) in [6.07, 6.45) is 1.65. The summed E-state index contributed by atoms with van der Waals surface area (Å²) in [6.45, 7) is 2.44. The highest BCUT2D eigenvalue weighted by molar-refractivity contribution is 7.91. The predicted molar refractivity (Wildman–Crippen MR) is 80.1 cm³/mol. The number of sulfonamides is 1. The summed E-state index contributed by atoms with van der Waals surface area (Å²) < 4.78 is 27.5. The Labute approximate surface area is 123 Å². The zero-order valence-corrected chi connectivity index (χ0v) is 13.0. The molecule has 0 fully saturated rings. The van der Waals surface area contributed by atoms with Crippen molar-refractivity contribution in [1.29, 1.82) is 0 Å². The summed E-state index contributed by atoms with van der Waals surface area (Å²) in [7, 11) is -1.68. The zero-order valence-electron chi connectivity index (χ0n) is 11.3. The van der Waals surface area contributed by atoms with Crippen molar-refractivity contribution in [2.24, 2.45) is 0 Å². The second-order valence-corrected chi connectivity index (χ2v) is 7.46. The third-order valence-corrected chi connectivity index (χ3v) is 5.83. The van der Waals surface area contributed by atoms with Gasteiger partial charge in [-0.15, -0.1) is 11.3 Å². The second kappa shape index (κ2) is 6.45. The Balaban J connectivity index is 2.14. The summed E-state index contributed by atoms with van der Waals surface area (Å²) >= 11 is 1.27. The first kappa shape index (κ1) is 15.1. The van der Waals surface area contributed by atoms with Gasteiger partial charge in [-0.2, -0.15) is 0 Å². The van der Waals surface area contributed by atoms with Crippen molar-refractivity contribution in [2.45, 2.75) is 23.7 Å². The number of nitrogens with zero attached hydrogens (tertiary/aromatic N) is 1. The number of hydrogen-bond donors (Lipinski definition) is 2. The fraction of sp³-hybridized carbons (Fsp3) is 0.308. The Morgan fingerprint density at radius 2 is 2.10 bits per heavy atom. The van der Waals surface area contributed by atoms with Crippen molar-refractivity contribution in [2.75, 3.05) is 7.05 Å². The molecule has 0 aromatic carbocycles. The molecule has 2 heterocycles. The van der Waals surface area contributed by atoms with Crippen LogP contribution in [0.4, 0.5) is 0 Å². The van der Waals surface area contributed by atoms with E-state index in [1.807, 2.05) is 19.2 Å². The van der Waals surface area contributed by atoms with Gasteiger partial charge in [-0.25, -0.2) is 13.1 Å². The standard InChI is InChI=1S/C13H17N3O2S2/c1-10(12-5-3-4-8-15-12)16-20(17,18)13-7-6-11(19-13)9-14-2/h3-8,10,14,16H,9H2,1-2H3. The number of aromatic nitrogens is 1. The van der Waals surface area contributed by atoms with Crippen LogP contribution in [0.1, 0.15) is 23.5 Å². The molecule has 20 heavy (non-hydrogen) atoms. The van der Waals surface area contributed by atoms with E-state index in [1.54, 1.807) is 31.3 Å². The van der Waals surface area contributed by atoms with Gasteiger partial charge in [-0.3, -0.25) is 4.98 Å². The molecule has 0 bridgehead atoms. The van der Waals surface area contributed by atoms with Crippen LogP contribution in [-0.2, 0) is 16.6 Å². The van der Waals surface area contributed by atoms with Crippen LogP contribution in [0.25, 0.3) is 0 Å². The highest BCUT2D eigenvalue weighted by Crippen LogP contribution is 2.23. The summed E-state index contributed by atoms with van der Waals surface area (Å²) in [5, 5.41) is 3.00. The van der Waals surface area contributed by atoms with Gasteiger partial charge in [0.15, 0.2) is 0 Å². The molecule has 7 heteroatoms. The third kappa shape index (κ3) is 3.63. The van der Waals surface area contributed by atoms with Gasteiger partial charge >= 0.3 is 0 Å². The molecule has 0 radical (unpaired) electrons. The molecule has 108 valence electrons. The molecule has 5 nitrogen and oxygen atoms in total. The van der Waals surface area contributed by atoms with Gasteiger partial charge in [0.05, 0.1) is 11.7 Å². The highest BCUT2D eigenvalue weighted by Gasteiger charge is 2.20. The van der Waals surface area contributed by atoms with Crippen LogP contribution in [-0.4, -0.2) is 20.4 Å². The van der Waals surface area contributed by atoms with Gasteiger partial charge in [0, 0.05) is 17.6 Å². The molecule has 0 saturated carbocycles. The van der Waals surface area contributed by atoms with Crippen molar-refractivity contribution >= 4 is 21.4 Å². The minimum absolute atomic E-state index is 0.325. The smallest absolute Gasteiger partial charge is 0.250 e. The van der Waals surface area contributed by atoms with E-state index in [1.165, 1.54) is 11.3 Å². The molecule has 0 spiro atoms. The van der Waals surface area contributed by atoms with Crippen LogP contribution in [0.5, 0.6) is 0 Å². The fourth-order valence-corrected chi connectivity index (χ4v) is 4.36. The first-order valence-corrected chi connectivity index (χ1v) is 8.49. The molecule has 0 aliphatic heterocycles. The molecule has 0 aliphatic carbocycles. The Morgan fingerprint density at radius 1 is 1.30 bits per heavy atom. The lowest BCUT2D eigenvalue weighted by Crippen LogP contribution is -2.26. The van der Waals surface area contributed by atoms with Gasteiger partial charge < -0.3 is 5.32 Å². The number of pyridine rings is 1. The molecular formula is C13H17N3O2S2. The van der Waals surface area contributed by atoms with Gasteiger partial charge in [0.2, 0.25) is 0 Å². The van der Waals surface area contributed by atoms with E-state index in [0.717, 1.165) is 4.88 Å². The minimum Gasteiger partial charge on any atom is -0.315 e. The summed E-state index contributed by atoms with van der Waals surface area (Å²) in [6, 6.07) is 8.52. The molecule has 0 saturated heterocycles. The lowest BCUT2D eigenvalue weighted by atomic mass is 10.2. The predicted octanol–water partition coefficient (Wildman–Crippen LogP) is 1.90. The van der Waals surface area contributed by atoms with Gasteiger partial charge in [0.25, 0.3) is 10.0 Å². The van der Waals surface area contributed by atoms with Crippen molar-refractivity contribution < 1.29 is 8.42 Å². The SMILES string of the molecule is CNCc1ccc(S(=O)(=O)NC(C)c2ccccn2)s1. The Kier molecular flexibility index (Phi) is 4.87. The molecule has 2 aromatic rings. The molecular weight excluding hydrogens is 294 g/mol. The normalized spacial score (nSPS) is 13.3. The van der Waals surface area contributed by atoms with E-state index in [0.29, 0.717) is 16.4 Å². The van der Waals surface area contributed by atoms with E-state index in [2.05, 4.69) is 15.0 Å². The van der Waals surface area contributed by atoms with Gasteiger partial charge in [-0.05, 0) is 38.2 Å². The summed E-state index contributed by atoms with van der Waals surface area (Å²) in [5.74, 6) is 0. The van der Waals surface area contributed by atoms with Crippen LogP contribution in [0, 0.1) is 0 Å². The van der Waals surface area contributed by atoms with Crippen LogP contribution in [0.15, 0.2) is 40.7 Å². The van der Waals surface area contributed by atoms with E-state index in [-0.39, 0.29) is 6.04 Å². The number of hydrogen-bond acceptors (Lipinski definition) is 5. The Bertz CT molecular complexity index is 653. The summed E-state index contributed by atoms with van der Waals surface area (Å²) in [4.78, 5) is 5.14. The largest absolute Gasteiger partial charge is 0.315 e. The van der Waals surface area contributed by atoms with E-state index in [4.69, 9.17) is 0 Å². The topological polar surface area (TPSA) is 71.1 Å². The summed E-state index contributed by atoms with van der Waals surface area (Å²) in [5.41, 5.74) is 0.697.